The van der Waals surface area contributed by atoms with E-state index in [9.17, 15) is 0 Å². The molecule has 2 aromatic carbocycles. The Balaban J connectivity index is 1.32. The molecule has 0 atom stereocenters. The standard InChI is InChI=1S/C26H32N8S/c1-5-34(17-16-33-15-14-31(3)20-33)25-12-10-24(11-13-25)29-28-23-8-6-22(7-9-23)18-27-30-26-32(4)21(2)19-35-26/h6-15,18-19H,5,16-17,20H2,1-4H3/b27-18+,29-28+,30-26-. The number of likely N-dealkylation sites (N-methyl/N-ethyl adjacent to an activating group) is 1. The van der Waals surface area contributed by atoms with Crippen LogP contribution in [0.2, 0.25) is 0 Å². The van der Waals surface area contributed by atoms with E-state index in [-0.39, 0.29) is 0 Å². The van der Waals surface area contributed by atoms with Crippen LogP contribution in [-0.4, -0.2) is 53.9 Å². The summed E-state index contributed by atoms with van der Waals surface area (Å²) in [4.78, 5) is 7.75. The van der Waals surface area contributed by atoms with Crippen molar-refractivity contribution in [3.63, 3.8) is 0 Å². The molecule has 1 aromatic heterocycles. The van der Waals surface area contributed by atoms with E-state index < -0.39 is 0 Å². The molecule has 0 amide bonds. The lowest BCUT2D eigenvalue weighted by atomic mass is 10.2. The Morgan fingerprint density at radius 2 is 1.66 bits per heavy atom. The van der Waals surface area contributed by atoms with Gasteiger partial charge in [-0.05, 0) is 55.8 Å². The number of thiazole rings is 1. The summed E-state index contributed by atoms with van der Waals surface area (Å²) in [5.74, 6) is 0. The number of anilines is 1. The van der Waals surface area contributed by atoms with Crippen molar-refractivity contribution < 1.29 is 0 Å². The van der Waals surface area contributed by atoms with E-state index in [4.69, 9.17) is 0 Å². The van der Waals surface area contributed by atoms with Crippen molar-refractivity contribution in [2.45, 2.75) is 13.8 Å². The van der Waals surface area contributed by atoms with Crippen molar-refractivity contribution >= 4 is 34.6 Å². The molecule has 0 bridgehead atoms. The minimum Gasteiger partial charge on any atom is -0.370 e. The van der Waals surface area contributed by atoms with Gasteiger partial charge in [0.1, 0.15) is 0 Å². The number of azo groups is 1. The number of hydrogen-bond donors (Lipinski definition) is 0. The van der Waals surface area contributed by atoms with Crippen LogP contribution in [-0.2, 0) is 7.05 Å². The first kappa shape index (κ1) is 24.4. The number of rotatable bonds is 9. The highest BCUT2D eigenvalue weighted by Gasteiger charge is 2.10. The van der Waals surface area contributed by atoms with E-state index in [1.54, 1.807) is 17.6 Å². The number of aromatic nitrogens is 1. The van der Waals surface area contributed by atoms with E-state index >= 15 is 0 Å². The van der Waals surface area contributed by atoms with Crippen molar-refractivity contribution in [1.82, 2.24) is 14.4 Å². The van der Waals surface area contributed by atoms with Crippen LogP contribution in [0, 0.1) is 6.92 Å². The van der Waals surface area contributed by atoms with Gasteiger partial charge in [0.05, 0.1) is 24.3 Å². The Morgan fingerprint density at radius 3 is 2.23 bits per heavy atom. The molecule has 4 rings (SSSR count). The molecule has 3 aromatic rings. The Kier molecular flexibility index (Phi) is 8.10. The van der Waals surface area contributed by atoms with E-state index in [0.29, 0.717) is 0 Å². The summed E-state index contributed by atoms with van der Waals surface area (Å²) in [6, 6.07) is 16.0. The summed E-state index contributed by atoms with van der Waals surface area (Å²) in [7, 11) is 4.08. The van der Waals surface area contributed by atoms with E-state index in [1.807, 2.05) is 54.9 Å². The highest BCUT2D eigenvalue weighted by molar-refractivity contribution is 7.07. The van der Waals surface area contributed by atoms with Gasteiger partial charge < -0.3 is 19.3 Å². The van der Waals surface area contributed by atoms with Crippen molar-refractivity contribution in [3.8, 4) is 0 Å². The van der Waals surface area contributed by atoms with E-state index in [2.05, 4.69) is 79.0 Å². The molecule has 0 N–H and O–H groups in total. The maximum absolute atomic E-state index is 4.39. The molecule has 0 saturated heterocycles. The Labute approximate surface area is 210 Å². The molecule has 1 aliphatic rings. The molecule has 0 unspecified atom stereocenters. The van der Waals surface area contributed by atoms with E-state index in [1.165, 1.54) is 11.4 Å². The second-order valence-corrected chi connectivity index (χ2v) is 9.30. The third-order valence-corrected chi connectivity index (χ3v) is 6.89. The predicted octanol–water partition coefficient (Wildman–Crippen LogP) is 5.25. The van der Waals surface area contributed by atoms with Crippen LogP contribution < -0.4 is 9.70 Å². The fraction of sp³-hybridized carbons (Fsp3) is 0.308. The Bertz CT molecular complexity index is 1250. The maximum Gasteiger partial charge on any atom is 0.210 e. The third kappa shape index (κ3) is 6.66. The maximum atomic E-state index is 4.39. The highest BCUT2D eigenvalue weighted by Crippen LogP contribution is 2.22. The number of aryl methyl sites for hydroxylation is 1. The zero-order chi connectivity index (χ0) is 24.6. The molecular formula is C26H32N8S. The van der Waals surface area contributed by atoms with Gasteiger partial charge in [0, 0.05) is 62.9 Å². The van der Waals surface area contributed by atoms with Gasteiger partial charge in [-0.3, -0.25) is 0 Å². The van der Waals surface area contributed by atoms with Gasteiger partial charge in [-0.1, -0.05) is 12.1 Å². The van der Waals surface area contributed by atoms with Gasteiger partial charge in [-0.25, -0.2) is 0 Å². The van der Waals surface area contributed by atoms with Gasteiger partial charge >= 0.3 is 0 Å². The lowest BCUT2D eigenvalue weighted by Crippen LogP contribution is -2.33. The van der Waals surface area contributed by atoms with Crippen LogP contribution in [0.15, 0.2) is 86.7 Å². The summed E-state index contributed by atoms with van der Waals surface area (Å²) in [5, 5.41) is 19.3. The number of benzene rings is 2. The molecule has 9 heteroatoms. The zero-order valence-corrected chi connectivity index (χ0v) is 21.6. The van der Waals surface area contributed by atoms with Crippen LogP contribution in [0.3, 0.4) is 0 Å². The van der Waals surface area contributed by atoms with Crippen LogP contribution in [0.1, 0.15) is 18.2 Å². The first-order valence-electron chi connectivity index (χ1n) is 11.7. The summed E-state index contributed by atoms with van der Waals surface area (Å²) in [6.07, 6.45) is 6.00. The normalized spacial score (nSPS) is 14.2. The molecule has 8 nitrogen and oxygen atoms in total. The SMILES string of the molecule is CCN(CCN1C=CN(C)C1)c1ccc(/N=N/c2ccc(/C=N/N=c3\scc(C)n3C)cc2)cc1. The van der Waals surface area contributed by atoms with Crippen molar-refractivity contribution in [2.24, 2.45) is 27.5 Å². The lowest BCUT2D eigenvalue weighted by Gasteiger charge is -2.26. The largest absolute Gasteiger partial charge is 0.370 e. The third-order valence-electron chi connectivity index (χ3n) is 5.87. The summed E-state index contributed by atoms with van der Waals surface area (Å²) >= 11 is 1.58. The molecule has 35 heavy (non-hydrogen) atoms. The van der Waals surface area contributed by atoms with Crippen LogP contribution >= 0.6 is 11.3 Å². The fourth-order valence-electron chi connectivity index (χ4n) is 3.61. The van der Waals surface area contributed by atoms with Gasteiger partial charge in [0.2, 0.25) is 4.80 Å². The predicted molar refractivity (Wildman–Crippen MR) is 145 cm³/mol. The minimum absolute atomic E-state index is 0.794. The second kappa shape index (κ2) is 11.6. The van der Waals surface area contributed by atoms with Crippen LogP contribution in [0.25, 0.3) is 0 Å². The van der Waals surface area contributed by atoms with Crippen molar-refractivity contribution in [1.29, 1.82) is 0 Å². The Morgan fingerprint density at radius 1 is 0.971 bits per heavy atom. The molecular weight excluding hydrogens is 456 g/mol. The quantitative estimate of drug-likeness (QED) is 0.235. The molecule has 0 radical (unpaired) electrons. The minimum atomic E-state index is 0.794. The number of hydrogen-bond acceptors (Lipinski definition) is 8. The van der Waals surface area contributed by atoms with Gasteiger partial charge in [-0.15, -0.1) is 16.4 Å². The lowest BCUT2D eigenvalue weighted by molar-refractivity contribution is 0.301. The smallest absolute Gasteiger partial charge is 0.210 e. The fourth-order valence-corrected chi connectivity index (χ4v) is 4.44. The van der Waals surface area contributed by atoms with E-state index in [0.717, 1.165) is 48.0 Å². The van der Waals surface area contributed by atoms with Crippen molar-refractivity contribution in [3.05, 3.63) is 82.4 Å². The topological polar surface area (TPSA) is 64.1 Å². The summed E-state index contributed by atoms with van der Waals surface area (Å²) in [6.45, 7) is 8.12. The van der Waals surface area contributed by atoms with Crippen LogP contribution in [0.5, 0.6) is 0 Å². The highest BCUT2D eigenvalue weighted by atomic mass is 32.1. The molecule has 182 valence electrons. The Hall–Kier alpha value is -3.72. The first-order valence-corrected chi connectivity index (χ1v) is 12.6. The van der Waals surface area contributed by atoms with Crippen molar-refractivity contribution in [2.75, 3.05) is 38.3 Å². The van der Waals surface area contributed by atoms with Gasteiger partial charge in [0.25, 0.3) is 0 Å². The first-order chi connectivity index (χ1) is 17.0. The monoisotopic (exact) mass is 488 g/mol. The second-order valence-electron chi connectivity index (χ2n) is 8.46. The zero-order valence-electron chi connectivity index (χ0n) is 20.7. The molecule has 0 fully saturated rings. The molecule has 0 aliphatic carbocycles. The summed E-state index contributed by atoms with van der Waals surface area (Å²) < 4.78 is 2.02. The van der Waals surface area contributed by atoms with Crippen LogP contribution in [0.4, 0.5) is 17.1 Å². The van der Waals surface area contributed by atoms with Gasteiger partial charge in [0.15, 0.2) is 0 Å². The number of nitrogens with zero attached hydrogens (tertiary/aromatic N) is 8. The molecule has 1 aliphatic heterocycles. The average Bonchev–Trinajstić information content (AvgIpc) is 3.44. The van der Waals surface area contributed by atoms with Gasteiger partial charge in [-0.2, -0.15) is 15.3 Å². The molecule has 0 saturated carbocycles. The average molecular weight is 489 g/mol. The summed E-state index contributed by atoms with van der Waals surface area (Å²) in [5.41, 5.74) is 4.95. The molecule has 2 heterocycles. The molecule has 0 spiro atoms.